The number of aliphatic hydroxyl groups is 1. The second kappa shape index (κ2) is 10.7. The van der Waals surface area contributed by atoms with Crippen molar-refractivity contribution in [1.82, 2.24) is 19.3 Å². The van der Waals surface area contributed by atoms with Crippen molar-refractivity contribution in [1.29, 1.82) is 0 Å². The predicted molar refractivity (Wildman–Crippen MR) is 133 cm³/mol. The molecule has 10 heteroatoms. The van der Waals surface area contributed by atoms with E-state index in [9.17, 15) is 14.7 Å². The molecule has 0 bridgehead atoms. The smallest absolute Gasteiger partial charge is 0.361 e. The van der Waals surface area contributed by atoms with Crippen molar-refractivity contribution in [3.63, 3.8) is 0 Å². The molecule has 0 spiro atoms. The maximum Gasteiger partial charge on any atom is 0.361 e. The van der Waals surface area contributed by atoms with Crippen LogP contribution in [0.2, 0.25) is 0 Å². The quantitative estimate of drug-likeness (QED) is 0.359. The number of aromatic nitrogens is 4. The zero-order chi connectivity index (χ0) is 26.6. The molecule has 0 aliphatic heterocycles. The number of methoxy groups -OCH3 is 1. The number of hydrogen-bond donors (Lipinski definition) is 1. The molecule has 1 aromatic carbocycles. The van der Waals surface area contributed by atoms with E-state index in [0.29, 0.717) is 11.5 Å². The Morgan fingerprint density at radius 1 is 1.31 bits per heavy atom. The van der Waals surface area contributed by atoms with Crippen LogP contribution in [0.4, 0.5) is 5.69 Å². The first-order chi connectivity index (χ1) is 17.0. The Kier molecular flexibility index (Phi) is 7.95. The lowest BCUT2D eigenvalue weighted by molar-refractivity contribution is 0.0513. The molecular weight excluding hydrogens is 462 g/mol. The molecule has 3 rings (SSSR count). The Balaban J connectivity index is 2.23. The first kappa shape index (κ1) is 26.6. The van der Waals surface area contributed by atoms with Crippen molar-refractivity contribution >= 4 is 11.7 Å². The predicted octanol–water partition coefficient (Wildman–Crippen LogP) is 3.42. The van der Waals surface area contributed by atoms with Gasteiger partial charge in [0, 0.05) is 25.1 Å². The van der Waals surface area contributed by atoms with Crippen LogP contribution in [0.5, 0.6) is 5.75 Å². The molecule has 0 radical (unpaired) electrons. The standard InChI is InChI=1S/C26H31N5O5/c1-8-36-25(33)21-22(35-7)24(32)30(6)23(29-21)16(2)20(18-11-9-10-12-19(18)27-5)17-13-28-31(14-17)15-26(3,4)34/h9-14,16,20,34H,8,15H2,1-4,6-7H3. The highest BCUT2D eigenvalue weighted by atomic mass is 16.5. The van der Waals surface area contributed by atoms with Gasteiger partial charge in [0.25, 0.3) is 5.56 Å². The van der Waals surface area contributed by atoms with Gasteiger partial charge in [0.2, 0.25) is 5.75 Å². The Morgan fingerprint density at radius 2 is 2.00 bits per heavy atom. The lowest BCUT2D eigenvalue weighted by atomic mass is 9.81. The van der Waals surface area contributed by atoms with Crippen molar-refractivity contribution in [3.05, 3.63) is 81.1 Å². The summed E-state index contributed by atoms with van der Waals surface area (Å²) in [6.07, 6.45) is 3.50. The van der Waals surface area contributed by atoms with Gasteiger partial charge < -0.3 is 14.6 Å². The van der Waals surface area contributed by atoms with Gasteiger partial charge in [-0.2, -0.15) is 5.10 Å². The highest BCUT2D eigenvalue weighted by Crippen LogP contribution is 2.41. The minimum atomic E-state index is -0.977. The highest BCUT2D eigenvalue weighted by molar-refractivity contribution is 5.90. The van der Waals surface area contributed by atoms with Crippen LogP contribution in [-0.2, 0) is 18.3 Å². The minimum absolute atomic E-state index is 0.116. The molecule has 2 unspecified atom stereocenters. The SMILES string of the molecule is [C-]#[N+]c1ccccc1C(c1cnn(CC(C)(C)O)c1)C(C)c1nc(C(=O)OCC)c(OC)c(=O)n1C. The summed E-state index contributed by atoms with van der Waals surface area (Å²) in [6, 6.07) is 7.22. The Morgan fingerprint density at radius 3 is 2.61 bits per heavy atom. The molecule has 0 saturated heterocycles. The molecule has 36 heavy (non-hydrogen) atoms. The van der Waals surface area contributed by atoms with E-state index in [-0.39, 0.29) is 24.6 Å². The monoisotopic (exact) mass is 493 g/mol. The number of rotatable bonds is 9. The minimum Gasteiger partial charge on any atom is -0.489 e. The molecule has 0 aliphatic carbocycles. The number of ether oxygens (including phenoxy) is 2. The number of esters is 1. The maximum absolute atomic E-state index is 13.1. The van der Waals surface area contributed by atoms with Gasteiger partial charge in [-0.05, 0) is 31.9 Å². The van der Waals surface area contributed by atoms with Gasteiger partial charge >= 0.3 is 5.97 Å². The fraction of sp³-hybridized carbons (Fsp3) is 0.423. The van der Waals surface area contributed by atoms with Crippen LogP contribution < -0.4 is 10.3 Å². The van der Waals surface area contributed by atoms with Crippen molar-refractivity contribution in [3.8, 4) is 5.75 Å². The highest BCUT2D eigenvalue weighted by Gasteiger charge is 2.32. The maximum atomic E-state index is 13.1. The number of carbonyl (C=O) groups is 1. The van der Waals surface area contributed by atoms with Gasteiger partial charge in [0.15, 0.2) is 11.4 Å². The van der Waals surface area contributed by atoms with E-state index in [1.165, 1.54) is 11.7 Å². The van der Waals surface area contributed by atoms with Crippen molar-refractivity contribution in [2.75, 3.05) is 13.7 Å². The summed E-state index contributed by atoms with van der Waals surface area (Å²) in [5, 5.41) is 14.7. The second-order valence-electron chi connectivity index (χ2n) is 9.16. The van der Waals surface area contributed by atoms with Gasteiger partial charge in [0.1, 0.15) is 5.82 Å². The van der Waals surface area contributed by atoms with E-state index < -0.39 is 29.0 Å². The van der Waals surface area contributed by atoms with E-state index in [0.717, 1.165) is 11.1 Å². The van der Waals surface area contributed by atoms with Gasteiger partial charge in [-0.1, -0.05) is 31.2 Å². The average Bonchev–Trinajstić information content (AvgIpc) is 3.27. The molecule has 10 nitrogen and oxygen atoms in total. The van der Waals surface area contributed by atoms with Crippen molar-refractivity contribution in [2.24, 2.45) is 7.05 Å². The number of carbonyl (C=O) groups excluding carboxylic acids is 1. The van der Waals surface area contributed by atoms with E-state index in [1.807, 2.05) is 25.3 Å². The van der Waals surface area contributed by atoms with Gasteiger partial charge in [0.05, 0.1) is 38.6 Å². The Labute approximate surface area is 209 Å². The van der Waals surface area contributed by atoms with Crippen molar-refractivity contribution in [2.45, 2.75) is 51.7 Å². The normalized spacial score (nSPS) is 13.1. The topological polar surface area (TPSA) is 113 Å². The average molecular weight is 494 g/mol. The molecule has 0 amide bonds. The lowest BCUT2D eigenvalue weighted by Gasteiger charge is -2.26. The van der Waals surface area contributed by atoms with Crippen LogP contribution in [0.25, 0.3) is 4.85 Å². The molecule has 0 fully saturated rings. The number of para-hydroxylation sites is 1. The third-order valence-corrected chi connectivity index (χ3v) is 5.82. The molecule has 0 saturated carbocycles. The van der Waals surface area contributed by atoms with Gasteiger partial charge in [-0.15, -0.1) is 0 Å². The van der Waals surface area contributed by atoms with E-state index >= 15 is 0 Å². The van der Waals surface area contributed by atoms with Crippen LogP contribution in [0, 0.1) is 6.57 Å². The molecule has 3 aromatic rings. The molecular formula is C26H31N5O5. The van der Waals surface area contributed by atoms with E-state index in [1.54, 1.807) is 50.8 Å². The summed E-state index contributed by atoms with van der Waals surface area (Å²) >= 11 is 0. The summed E-state index contributed by atoms with van der Waals surface area (Å²) in [5.74, 6) is -1.53. The van der Waals surface area contributed by atoms with E-state index in [4.69, 9.17) is 16.0 Å². The summed E-state index contributed by atoms with van der Waals surface area (Å²) in [7, 11) is 2.87. The Hall–Kier alpha value is -3.97. The van der Waals surface area contributed by atoms with Crippen LogP contribution in [0.15, 0.2) is 41.5 Å². The molecule has 2 aromatic heterocycles. The third-order valence-electron chi connectivity index (χ3n) is 5.82. The summed E-state index contributed by atoms with van der Waals surface area (Å²) < 4.78 is 13.3. The fourth-order valence-electron chi connectivity index (χ4n) is 4.29. The molecule has 0 aliphatic rings. The van der Waals surface area contributed by atoms with Crippen LogP contribution in [-0.4, -0.2) is 49.7 Å². The molecule has 2 heterocycles. The first-order valence-corrected chi connectivity index (χ1v) is 11.6. The fourth-order valence-corrected chi connectivity index (χ4v) is 4.29. The summed E-state index contributed by atoms with van der Waals surface area (Å²) in [4.78, 5) is 34.0. The zero-order valence-electron chi connectivity index (χ0n) is 21.3. The third kappa shape index (κ3) is 5.47. The van der Waals surface area contributed by atoms with Crippen molar-refractivity contribution < 1.29 is 19.4 Å². The van der Waals surface area contributed by atoms with Crippen LogP contribution in [0.3, 0.4) is 0 Å². The number of hydrogen-bond acceptors (Lipinski definition) is 7. The molecule has 190 valence electrons. The summed E-state index contributed by atoms with van der Waals surface area (Å²) in [5.41, 5.74) is 0.255. The van der Waals surface area contributed by atoms with E-state index in [2.05, 4.69) is 14.9 Å². The summed E-state index contributed by atoms with van der Waals surface area (Å²) in [6.45, 7) is 15.0. The number of benzene rings is 1. The lowest BCUT2D eigenvalue weighted by Crippen LogP contribution is -2.30. The van der Waals surface area contributed by atoms with Crippen LogP contribution >= 0.6 is 0 Å². The van der Waals surface area contributed by atoms with Gasteiger partial charge in [-0.3, -0.25) is 14.0 Å². The molecule has 1 N–H and O–H groups in total. The number of nitrogens with zero attached hydrogens (tertiary/aromatic N) is 5. The zero-order valence-corrected chi connectivity index (χ0v) is 21.3. The van der Waals surface area contributed by atoms with Gasteiger partial charge in [-0.25, -0.2) is 14.6 Å². The second-order valence-corrected chi connectivity index (χ2v) is 9.16. The molecule has 2 atom stereocenters. The van der Waals surface area contributed by atoms with Crippen LogP contribution in [0.1, 0.15) is 67.0 Å². The first-order valence-electron chi connectivity index (χ1n) is 11.6. The Bertz CT molecular complexity index is 1350. The largest absolute Gasteiger partial charge is 0.489 e.